The van der Waals surface area contributed by atoms with Crippen LogP contribution in [0.25, 0.3) is 5.69 Å². The first-order valence-corrected chi connectivity index (χ1v) is 7.84. The van der Waals surface area contributed by atoms with E-state index < -0.39 is 0 Å². The number of carbonyl (C=O) groups excluding carboxylic acids is 1. The molecule has 2 aromatic carbocycles. The minimum absolute atomic E-state index is 0.142. The number of benzene rings is 2. The normalized spacial score (nSPS) is 10.6. The zero-order chi connectivity index (χ0) is 17.1. The number of aryl methyl sites for hydroxylation is 2. The van der Waals surface area contributed by atoms with E-state index >= 15 is 0 Å². The summed E-state index contributed by atoms with van der Waals surface area (Å²) in [6.07, 6.45) is 1.51. The number of aromatic nitrogens is 3. The molecule has 0 saturated carbocycles. The van der Waals surface area contributed by atoms with Crippen molar-refractivity contribution in [3.63, 3.8) is 0 Å². The first kappa shape index (κ1) is 15.9. The summed E-state index contributed by atoms with van der Waals surface area (Å²) in [5.74, 6) is -0.142. The van der Waals surface area contributed by atoms with Gasteiger partial charge in [-0.3, -0.25) is 4.79 Å². The summed E-state index contributed by atoms with van der Waals surface area (Å²) >= 11 is 0. The van der Waals surface area contributed by atoms with Crippen molar-refractivity contribution in [3.8, 4) is 5.69 Å². The van der Waals surface area contributed by atoms with Crippen LogP contribution in [0.5, 0.6) is 0 Å². The van der Waals surface area contributed by atoms with Crippen molar-refractivity contribution in [1.29, 1.82) is 0 Å². The molecule has 5 nitrogen and oxygen atoms in total. The van der Waals surface area contributed by atoms with Gasteiger partial charge in [0.05, 0.1) is 11.9 Å². The minimum atomic E-state index is -0.142. The van der Waals surface area contributed by atoms with Gasteiger partial charge in [0.1, 0.15) is 0 Å². The quantitative estimate of drug-likeness (QED) is 0.742. The highest BCUT2D eigenvalue weighted by Crippen LogP contribution is 2.12. The molecule has 0 bridgehead atoms. The average molecular weight is 320 g/mol. The maximum absolute atomic E-state index is 12.6. The van der Waals surface area contributed by atoms with Crippen molar-refractivity contribution in [2.24, 2.45) is 0 Å². The molecule has 0 saturated heterocycles. The van der Waals surface area contributed by atoms with Crippen LogP contribution in [0.2, 0.25) is 0 Å². The third kappa shape index (κ3) is 3.35. The number of carbonyl (C=O) groups is 1. The van der Waals surface area contributed by atoms with Gasteiger partial charge in [-0.25, -0.2) is 0 Å². The smallest absolute Gasteiger partial charge is 0.276 e. The molecule has 0 unspecified atom stereocenters. The highest BCUT2D eigenvalue weighted by Gasteiger charge is 2.17. The number of nitrogens with zero attached hydrogens (tertiary/aromatic N) is 4. The lowest BCUT2D eigenvalue weighted by atomic mass is 10.1. The Morgan fingerprint density at radius 2 is 1.92 bits per heavy atom. The van der Waals surface area contributed by atoms with Crippen LogP contribution in [-0.2, 0) is 6.54 Å². The molecule has 24 heavy (non-hydrogen) atoms. The monoisotopic (exact) mass is 320 g/mol. The Labute approximate surface area is 141 Å². The summed E-state index contributed by atoms with van der Waals surface area (Å²) in [6, 6.07) is 15.9. The molecule has 1 aromatic heterocycles. The molecule has 3 aromatic rings. The Bertz CT molecular complexity index is 869. The van der Waals surface area contributed by atoms with Crippen LogP contribution in [-0.4, -0.2) is 32.8 Å². The summed E-state index contributed by atoms with van der Waals surface area (Å²) < 4.78 is 0. The lowest BCUT2D eigenvalue weighted by Gasteiger charge is -2.17. The third-order valence-corrected chi connectivity index (χ3v) is 3.96. The summed E-state index contributed by atoms with van der Waals surface area (Å²) in [4.78, 5) is 15.7. The number of rotatable bonds is 4. The maximum atomic E-state index is 12.6. The van der Waals surface area contributed by atoms with Gasteiger partial charge in [-0.15, -0.1) is 5.10 Å². The predicted octanol–water partition coefficient (Wildman–Crippen LogP) is 3.16. The molecule has 5 heteroatoms. The predicted molar refractivity (Wildman–Crippen MR) is 93.1 cm³/mol. The fourth-order valence-electron chi connectivity index (χ4n) is 2.55. The van der Waals surface area contributed by atoms with Gasteiger partial charge < -0.3 is 4.90 Å². The molecular formula is C19H20N4O. The van der Waals surface area contributed by atoms with Crippen LogP contribution in [0.4, 0.5) is 0 Å². The first-order valence-electron chi connectivity index (χ1n) is 7.84. The Morgan fingerprint density at radius 1 is 1.12 bits per heavy atom. The summed E-state index contributed by atoms with van der Waals surface area (Å²) in [7, 11) is 1.78. The molecule has 0 fully saturated rings. The number of hydrogen-bond acceptors (Lipinski definition) is 3. The molecule has 0 N–H and O–H groups in total. The lowest BCUT2D eigenvalue weighted by Crippen LogP contribution is -2.27. The molecule has 0 aliphatic carbocycles. The summed E-state index contributed by atoms with van der Waals surface area (Å²) in [5.41, 5.74) is 4.59. The van der Waals surface area contributed by atoms with E-state index in [9.17, 15) is 4.79 Å². The topological polar surface area (TPSA) is 51.0 Å². The van der Waals surface area contributed by atoms with E-state index in [0.717, 1.165) is 16.8 Å². The Morgan fingerprint density at radius 3 is 2.67 bits per heavy atom. The van der Waals surface area contributed by atoms with Crippen molar-refractivity contribution in [2.45, 2.75) is 20.4 Å². The molecular weight excluding hydrogens is 300 g/mol. The van der Waals surface area contributed by atoms with Crippen LogP contribution < -0.4 is 0 Å². The molecule has 0 spiro atoms. The van der Waals surface area contributed by atoms with Crippen molar-refractivity contribution in [1.82, 2.24) is 19.9 Å². The Hall–Kier alpha value is -2.95. The second-order valence-corrected chi connectivity index (χ2v) is 5.95. The molecule has 3 rings (SSSR count). The SMILES string of the molecule is Cc1cccc(-n2ncc(C(=O)N(C)Cc3ccccc3C)n2)c1. The van der Waals surface area contributed by atoms with Crippen LogP contribution in [0, 0.1) is 13.8 Å². The van der Waals surface area contributed by atoms with E-state index in [1.807, 2.05) is 62.4 Å². The third-order valence-electron chi connectivity index (χ3n) is 3.96. The first-order chi connectivity index (χ1) is 11.5. The van der Waals surface area contributed by atoms with Crippen LogP contribution in [0.3, 0.4) is 0 Å². The zero-order valence-electron chi connectivity index (χ0n) is 14.1. The summed E-state index contributed by atoms with van der Waals surface area (Å²) in [5, 5.41) is 8.53. The number of hydrogen-bond donors (Lipinski definition) is 0. The van der Waals surface area contributed by atoms with E-state index in [2.05, 4.69) is 10.2 Å². The second-order valence-electron chi connectivity index (χ2n) is 5.95. The van der Waals surface area contributed by atoms with Gasteiger partial charge in [-0.05, 0) is 42.7 Å². The average Bonchev–Trinajstić information content (AvgIpc) is 3.06. The van der Waals surface area contributed by atoms with Gasteiger partial charge in [-0.1, -0.05) is 36.4 Å². The van der Waals surface area contributed by atoms with Crippen molar-refractivity contribution >= 4 is 5.91 Å². The molecule has 0 aliphatic heterocycles. The fourth-order valence-corrected chi connectivity index (χ4v) is 2.55. The second kappa shape index (κ2) is 6.66. The Kier molecular flexibility index (Phi) is 4.42. The van der Waals surface area contributed by atoms with E-state index in [1.54, 1.807) is 11.9 Å². The highest BCUT2D eigenvalue weighted by atomic mass is 16.2. The van der Waals surface area contributed by atoms with Crippen molar-refractivity contribution in [3.05, 3.63) is 77.1 Å². The van der Waals surface area contributed by atoms with E-state index in [0.29, 0.717) is 12.2 Å². The largest absolute Gasteiger partial charge is 0.336 e. The highest BCUT2D eigenvalue weighted by molar-refractivity contribution is 5.91. The molecule has 0 aliphatic rings. The van der Waals surface area contributed by atoms with E-state index in [-0.39, 0.29) is 5.91 Å². The van der Waals surface area contributed by atoms with E-state index in [4.69, 9.17) is 0 Å². The number of amides is 1. The Balaban J connectivity index is 1.77. The molecule has 1 heterocycles. The standard InChI is InChI=1S/C19H20N4O/c1-14-7-6-10-17(11-14)23-20-12-18(21-23)19(24)22(3)13-16-9-5-4-8-15(16)2/h4-12H,13H2,1-3H3. The zero-order valence-corrected chi connectivity index (χ0v) is 14.1. The van der Waals surface area contributed by atoms with Crippen molar-refractivity contribution in [2.75, 3.05) is 7.05 Å². The van der Waals surface area contributed by atoms with E-state index in [1.165, 1.54) is 16.6 Å². The maximum Gasteiger partial charge on any atom is 0.276 e. The van der Waals surface area contributed by atoms with Gasteiger partial charge in [0.2, 0.25) is 0 Å². The van der Waals surface area contributed by atoms with Crippen LogP contribution in [0.15, 0.2) is 54.7 Å². The van der Waals surface area contributed by atoms with Gasteiger partial charge in [-0.2, -0.15) is 9.90 Å². The molecule has 0 atom stereocenters. The van der Waals surface area contributed by atoms with Crippen LogP contribution >= 0.6 is 0 Å². The van der Waals surface area contributed by atoms with Gasteiger partial charge in [0, 0.05) is 13.6 Å². The molecule has 1 amide bonds. The fraction of sp³-hybridized carbons (Fsp3) is 0.211. The van der Waals surface area contributed by atoms with Crippen LogP contribution in [0.1, 0.15) is 27.2 Å². The minimum Gasteiger partial charge on any atom is -0.336 e. The van der Waals surface area contributed by atoms with Gasteiger partial charge in [0.15, 0.2) is 5.69 Å². The van der Waals surface area contributed by atoms with Crippen molar-refractivity contribution < 1.29 is 4.79 Å². The van der Waals surface area contributed by atoms with Gasteiger partial charge in [0.25, 0.3) is 5.91 Å². The molecule has 0 radical (unpaired) electrons. The van der Waals surface area contributed by atoms with Gasteiger partial charge >= 0.3 is 0 Å². The summed E-state index contributed by atoms with van der Waals surface area (Å²) in [6.45, 7) is 4.60. The molecule has 122 valence electrons. The lowest BCUT2D eigenvalue weighted by molar-refractivity contribution is 0.0778.